The molecule has 1 fully saturated rings. The largest absolute Gasteiger partial charge is 0.497 e. The van der Waals surface area contributed by atoms with Crippen LogP contribution in [0.15, 0.2) is 48.5 Å². The number of ether oxygens (including phenoxy) is 1. The fourth-order valence-corrected chi connectivity index (χ4v) is 3.16. The van der Waals surface area contributed by atoms with Crippen molar-refractivity contribution >= 4 is 34.8 Å². The van der Waals surface area contributed by atoms with Crippen LogP contribution in [0.5, 0.6) is 5.75 Å². The molecular weight excluding hydrogens is 388 g/mol. The zero-order valence-electron chi connectivity index (χ0n) is 16.2. The molecule has 0 spiro atoms. The highest BCUT2D eigenvalue weighted by Crippen LogP contribution is 2.21. The Morgan fingerprint density at radius 3 is 2.38 bits per heavy atom. The number of benzene rings is 2. The monoisotopic (exact) mass is 412 g/mol. The van der Waals surface area contributed by atoms with E-state index < -0.39 is 0 Å². The molecule has 0 unspecified atom stereocenters. The van der Waals surface area contributed by atoms with Crippen molar-refractivity contribution in [1.82, 2.24) is 16.2 Å². The normalized spacial score (nSPS) is 13.1. The van der Waals surface area contributed by atoms with Gasteiger partial charge in [-0.2, -0.15) is 0 Å². The summed E-state index contributed by atoms with van der Waals surface area (Å²) >= 11 is 5.18. The van der Waals surface area contributed by atoms with Crippen molar-refractivity contribution in [3.8, 4) is 5.75 Å². The molecule has 1 aliphatic rings. The number of thiocarbonyl (C=S) groups is 1. The Labute approximate surface area is 175 Å². The van der Waals surface area contributed by atoms with Gasteiger partial charge in [0.05, 0.1) is 13.5 Å². The highest BCUT2D eigenvalue weighted by atomic mass is 32.1. The molecule has 0 radical (unpaired) electrons. The Morgan fingerprint density at radius 1 is 1.07 bits per heavy atom. The number of hydrazine groups is 1. The Hall–Kier alpha value is -3.13. The first-order valence-corrected chi connectivity index (χ1v) is 9.81. The lowest BCUT2D eigenvalue weighted by atomic mass is 10.1. The number of methoxy groups -OCH3 is 1. The van der Waals surface area contributed by atoms with Gasteiger partial charge in [-0.1, -0.05) is 24.3 Å². The lowest BCUT2D eigenvalue weighted by molar-refractivity contribution is -0.121. The van der Waals surface area contributed by atoms with Gasteiger partial charge >= 0.3 is 0 Å². The zero-order chi connectivity index (χ0) is 20.6. The average Bonchev–Trinajstić information content (AvgIpc) is 3.17. The van der Waals surface area contributed by atoms with E-state index in [9.17, 15) is 9.59 Å². The number of anilines is 1. The minimum absolute atomic E-state index is 0.148. The Morgan fingerprint density at radius 2 is 1.76 bits per heavy atom. The number of rotatable bonds is 6. The summed E-state index contributed by atoms with van der Waals surface area (Å²) in [6.07, 6.45) is 1.70. The van der Waals surface area contributed by atoms with Gasteiger partial charge in [-0.15, -0.1) is 0 Å². The van der Waals surface area contributed by atoms with Crippen molar-refractivity contribution in [3.05, 3.63) is 59.7 Å². The number of hydrogen-bond donors (Lipinski definition) is 3. The molecule has 8 heteroatoms. The van der Waals surface area contributed by atoms with Crippen LogP contribution >= 0.6 is 12.2 Å². The Bertz CT molecular complexity index is 868. The van der Waals surface area contributed by atoms with Gasteiger partial charge < -0.3 is 15.0 Å². The van der Waals surface area contributed by atoms with Crippen LogP contribution in [0.25, 0.3) is 0 Å². The van der Waals surface area contributed by atoms with Crippen molar-refractivity contribution in [3.63, 3.8) is 0 Å². The maximum Gasteiger partial charge on any atom is 0.242 e. The third-order valence-electron chi connectivity index (χ3n) is 4.61. The first kappa shape index (κ1) is 20.6. The molecule has 1 heterocycles. The predicted octanol–water partition coefficient (Wildman–Crippen LogP) is 2.06. The topological polar surface area (TPSA) is 82.7 Å². The molecule has 0 aliphatic carbocycles. The Balaban J connectivity index is 1.39. The van der Waals surface area contributed by atoms with Gasteiger partial charge in [0, 0.05) is 25.2 Å². The van der Waals surface area contributed by atoms with E-state index in [1.807, 2.05) is 48.5 Å². The minimum atomic E-state index is -0.205. The quantitative estimate of drug-likeness (QED) is 0.498. The van der Waals surface area contributed by atoms with E-state index >= 15 is 0 Å². The van der Waals surface area contributed by atoms with Crippen molar-refractivity contribution in [2.45, 2.75) is 25.8 Å². The van der Waals surface area contributed by atoms with Crippen LogP contribution in [0.2, 0.25) is 0 Å². The molecule has 1 saturated heterocycles. The standard InChI is InChI=1S/C21H24N4O3S/c1-28-18-10-6-16(7-11-18)14-22-21(29)24-23-19(26)13-15-4-8-17(9-5-15)25-12-2-3-20(25)27/h4-11H,2-3,12-14H2,1H3,(H,23,26)(H2,22,24,29). The van der Waals surface area contributed by atoms with Crippen molar-refractivity contribution in [1.29, 1.82) is 0 Å². The van der Waals surface area contributed by atoms with Crippen LogP contribution in [-0.4, -0.2) is 30.6 Å². The summed E-state index contributed by atoms with van der Waals surface area (Å²) in [5.41, 5.74) is 8.06. The van der Waals surface area contributed by atoms with Crippen LogP contribution in [-0.2, 0) is 22.6 Å². The second kappa shape index (κ2) is 9.88. The highest BCUT2D eigenvalue weighted by molar-refractivity contribution is 7.80. The summed E-state index contributed by atoms with van der Waals surface area (Å²) in [5, 5.41) is 3.36. The second-order valence-corrected chi connectivity index (χ2v) is 7.10. The van der Waals surface area contributed by atoms with Crippen molar-refractivity contribution in [2.24, 2.45) is 0 Å². The van der Waals surface area contributed by atoms with Gasteiger partial charge in [0.2, 0.25) is 11.8 Å². The first-order valence-electron chi connectivity index (χ1n) is 9.40. The molecule has 3 rings (SSSR count). The lowest BCUT2D eigenvalue weighted by Crippen LogP contribution is -2.47. The number of nitrogens with zero attached hydrogens (tertiary/aromatic N) is 1. The maximum absolute atomic E-state index is 12.1. The number of carbonyl (C=O) groups excluding carboxylic acids is 2. The predicted molar refractivity (Wildman–Crippen MR) is 115 cm³/mol. The molecule has 7 nitrogen and oxygen atoms in total. The zero-order valence-corrected chi connectivity index (χ0v) is 17.1. The summed E-state index contributed by atoms with van der Waals surface area (Å²) in [6.45, 7) is 1.28. The molecule has 0 atom stereocenters. The van der Waals surface area contributed by atoms with Crippen molar-refractivity contribution < 1.29 is 14.3 Å². The van der Waals surface area contributed by atoms with Crippen LogP contribution in [0, 0.1) is 0 Å². The summed E-state index contributed by atoms with van der Waals surface area (Å²) in [4.78, 5) is 25.7. The molecule has 0 bridgehead atoms. The van der Waals surface area contributed by atoms with E-state index in [0.717, 1.165) is 35.5 Å². The Kier molecular flexibility index (Phi) is 7.02. The van der Waals surface area contributed by atoms with E-state index in [1.165, 1.54) is 0 Å². The fraction of sp³-hybridized carbons (Fsp3) is 0.286. The average molecular weight is 413 g/mol. The van der Waals surface area contributed by atoms with Crippen molar-refractivity contribution in [2.75, 3.05) is 18.6 Å². The van der Waals surface area contributed by atoms with E-state index in [-0.39, 0.29) is 18.2 Å². The molecule has 1 aliphatic heterocycles. The fourth-order valence-electron chi connectivity index (χ4n) is 3.04. The molecule has 29 heavy (non-hydrogen) atoms. The summed E-state index contributed by atoms with van der Waals surface area (Å²) < 4.78 is 5.12. The molecule has 3 N–H and O–H groups in total. The van der Waals surface area contributed by atoms with Gasteiger partial charge in [-0.05, 0) is 54.0 Å². The summed E-state index contributed by atoms with van der Waals surface area (Å²) in [5.74, 6) is 0.737. The van der Waals surface area contributed by atoms with Gasteiger partial charge in [0.1, 0.15) is 5.75 Å². The minimum Gasteiger partial charge on any atom is -0.497 e. The maximum atomic E-state index is 12.1. The van der Waals surface area contributed by atoms with Gasteiger partial charge in [0.15, 0.2) is 5.11 Å². The molecule has 0 saturated carbocycles. The smallest absolute Gasteiger partial charge is 0.242 e. The van der Waals surface area contributed by atoms with Crippen LogP contribution in [0.4, 0.5) is 5.69 Å². The first-order chi connectivity index (χ1) is 14.0. The van der Waals surface area contributed by atoms with E-state index in [0.29, 0.717) is 18.1 Å². The number of carbonyl (C=O) groups is 2. The van der Waals surface area contributed by atoms with E-state index in [2.05, 4.69) is 16.2 Å². The molecule has 2 amide bonds. The molecular formula is C21H24N4O3S. The molecule has 2 aromatic rings. The van der Waals surface area contributed by atoms with Gasteiger partial charge in [0.25, 0.3) is 0 Å². The number of nitrogens with one attached hydrogen (secondary N) is 3. The van der Waals surface area contributed by atoms with Gasteiger partial charge in [-0.25, -0.2) is 0 Å². The summed E-state index contributed by atoms with van der Waals surface area (Å²) in [7, 11) is 1.62. The number of hydrogen-bond acceptors (Lipinski definition) is 4. The van der Waals surface area contributed by atoms with Crippen LogP contribution in [0.3, 0.4) is 0 Å². The van der Waals surface area contributed by atoms with Crippen LogP contribution in [0.1, 0.15) is 24.0 Å². The highest BCUT2D eigenvalue weighted by Gasteiger charge is 2.21. The molecule has 0 aromatic heterocycles. The third kappa shape index (κ3) is 5.92. The van der Waals surface area contributed by atoms with E-state index in [1.54, 1.807) is 12.0 Å². The van der Waals surface area contributed by atoms with Crippen LogP contribution < -0.4 is 25.8 Å². The second-order valence-electron chi connectivity index (χ2n) is 6.70. The molecule has 2 aromatic carbocycles. The molecule has 152 valence electrons. The SMILES string of the molecule is COc1ccc(CNC(=S)NNC(=O)Cc2ccc(N3CCCC3=O)cc2)cc1. The lowest BCUT2D eigenvalue weighted by Gasteiger charge is -2.16. The van der Waals surface area contributed by atoms with Gasteiger partial charge in [-0.3, -0.25) is 20.4 Å². The summed E-state index contributed by atoms with van der Waals surface area (Å²) in [6, 6.07) is 15.1. The third-order valence-corrected chi connectivity index (χ3v) is 4.86. The van der Waals surface area contributed by atoms with E-state index in [4.69, 9.17) is 17.0 Å². The number of amides is 2.